The van der Waals surface area contributed by atoms with Crippen LogP contribution in [-0.4, -0.2) is 30.3 Å². The molecule has 0 bridgehead atoms. The van der Waals surface area contributed by atoms with Gasteiger partial charge in [-0.25, -0.2) is 9.78 Å². The summed E-state index contributed by atoms with van der Waals surface area (Å²) in [7, 11) is 1.84. The Bertz CT molecular complexity index is 370. The van der Waals surface area contributed by atoms with Crippen molar-refractivity contribution in [3.63, 3.8) is 0 Å². The molecule has 1 heterocycles. The van der Waals surface area contributed by atoms with Crippen LogP contribution < -0.4 is 10.6 Å². The van der Waals surface area contributed by atoms with Crippen LogP contribution in [-0.2, 0) is 4.74 Å². The first-order chi connectivity index (χ1) is 7.36. The van der Waals surface area contributed by atoms with Gasteiger partial charge in [0.2, 0.25) is 0 Å². The van der Waals surface area contributed by atoms with Crippen LogP contribution in [0.4, 0.5) is 5.13 Å². The third-order valence-electron chi connectivity index (χ3n) is 2.13. The van der Waals surface area contributed by atoms with Crippen LogP contribution >= 0.6 is 11.3 Å². The zero-order chi connectivity index (χ0) is 12.3. The molecule has 0 aliphatic rings. The van der Waals surface area contributed by atoms with Gasteiger partial charge in [0.05, 0.1) is 12.3 Å². The van der Waals surface area contributed by atoms with Gasteiger partial charge in [-0.2, -0.15) is 0 Å². The summed E-state index contributed by atoms with van der Waals surface area (Å²) < 4.78 is 4.86. The molecule has 0 unspecified atom stereocenters. The molecule has 90 valence electrons. The fourth-order valence-electron chi connectivity index (χ4n) is 0.964. The quantitative estimate of drug-likeness (QED) is 0.640. The Kier molecular flexibility index (Phi) is 3.88. The van der Waals surface area contributed by atoms with Crippen molar-refractivity contribution in [1.82, 2.24) is 4.98 Å². The number of hydrogen-bond donors (Lipinski definition) is 1. The van der Waals surface area contributed by atoms with Crippen LogP contribution in [0.15, 0.2) is 5.38 Å². The van der Waals surface area contributed by atoms with Gasteiger partial charge in [-0.1, -0.05) is 0 Å². The molecule has 0 aliphatic heterocycles. The van der Waals surface area contributed by atoms with Crippen molar-refractivity contribution < 1.29 is 9.53 Å². The number of esters is 1. The first-order valence-corrected chi connectivity index (χ1v) is 5.89. The lowest BCUT2D eigenvalue weighted by Gasteiger charge is -2.31. The third kappa shape index (κ3) is 2.93. The minimum absolute atomic E-state index is 0.331. The van der Waals surface area contributed by atoms with Crippen molar-refractivity contribution in [2.45, 2.75) is 26.4 Å². The standard InChI is InChI=1S/C10H17N3O2S/c1-5-15-8(14)7-6-16-9(12-7)13(4)10(2,3)11/h6H,5,11H2,1-4H3. The van der Waals surface area contributed by atoms with Gasteiger partial charge >= 0.3 is 5.97 Å². The highest BCUT2D eigenvalue weighted by atomic mass is 32.1. The highest BCUT2D eigenvalue weighted by Gasteiger charge is 2.22. The number of thiazole rings is 1. The summed E-state index contributed by atoms with van der Waals surface area (Å²) >= 11 is 1.37. The summed E-state index contributed by atoms with van der Waals surface area (Å²) in [6, 6.07) is 0. The lowest BCUT2D eigenvalue weighted by Crippen LogP contribution is -2.49. The molecule has 2 N–H and O–H groups in total. The van der Waals surface area contributed by atoms with Gasteiger partial charge in [-0.3, -0.25) is 0 Å². The minimum atomic E-state index is -0.510. The number of carbonyl (C=O) groups excluding carboxylic acids is 1. The second-order valence-corrected chi connectivity index (χ2v) is 4.79. The molecule has 1 rings (SSSR count). The molecule has 1 aromatic heterocycles. The van der Waals surface area contributed by atoms with Crippen LogP contribution in [0.3, 0.4) is 0 Å². The van der Waals surface area contributed by atoms with E-state index in [2.05, 4.69) is 4.98 Å². The predicted octanol–water partition coefficient (Wildman–Crippen LogP) is 1.45. The summed E-state index contributed by atoms with van der Waals surface area (Å²) in [5.74, 6) is -0.395. The fourth-order valence-corrected chi connectivity index (χ4v) is 1.87. The van der Waals surface area contributed by atoms with E-state index in [1.54, 1.807) is 12.3 Å². The molecule has 5 nitrogen and oxygen atoms in total. The number of aromatic nitrogens is 1. The van der Waals surface area contributed by atoms with Gasteiger partial charge < -0.3 is 15.4 Å². The molecule has 0 radical (unpaired) electrons. The van der Waals surface area contributed by atoms with Crippen LogP contribution in [0.2, 0.25) is 0 Å². The van der Waals surface area contributed by atoms with Crippen molar-refractivity contribution in [2.75, 3.05) is 18.6 Å². The topological polar surface area (TPSA) is 68.5 Å². The lowest BCUT2D eigenvalue weighted by molar-refractivity contribution is 0.0520. The maximum Gasteiger partial charge on any atom is 0.357 e. The number of nitrogens with zero attached hydrogens (tertiary/aromatic N) is 2. The number of anilines is 1. The molecule has 0 aromatic carbocycles. The molecule has 0 atom stereocenters. The number of ether oxygens (including phenoxy) is 1. The van der Waals surface area contributed by atoms with Crippen LogP contribution in [0.5, 0.6) is 0 Å². The molecule has 1 aromatic rings. The molecule has 0 spiro atoms. The Balaban J connectivity index is 2.83. The Morgan fingerprint density at radius 3 is 2.81 bits per heavy atom. The molecular weight excluding hydrogens is 226 g/mol. The normalized spacial score (nSPS) is 11.3. The second kappa shape index (κ2) is 4.80. The first kappa shape index (κ1) is 12.9. The van der Waals surface area contributed by atoms with Gasteiger partial charge in [-0.05, 0) is 20.8 Å². The molecule has 0 fully saturated rings. The van der Waals surface area contributed by atoms with Gasteiger partial charge in [-0.15, -0.1) is 11.3 Å². The maximum absolute atomic E-state index is 11.4. The van der Waals surface area contributed by atoms with Crippen LogP contribution in [0.1, 0.15) is 31.3 Å². The zero-order valence-corrected chi connectivity index (χ0v) is 10.8. The molecule has 16 heavy (non-hydrogen) atoms. The highest BCUT2D eigenvalue weighted by molar-refractivity contribution is 7.13. The van der Waals surface area contributed by atoms with E-state index in [0.29, 0.717) is 17.4 Å². The average molecular weight is 243 g/mol. The predicted molar refractivity (Wildman–Crippen MR) is 64.7 cm³/mol. The van der Waals surface area contributed by atoms with Crippen molar-refractivity contribution in [2.24, 2.45) is 5.73 Å². The van der Waals surface area contributed by atoms with E-state index in [1.165, 1.54) is 11.3 Å². The first-order valence-electron chi connectivity index (χ1n) is 5.01. The van der Waals surface area contributed by atoms with E-state index >= 15 is 0 Å². The van der Waals surface area contributed by atoms with Gasteiger partial charge in [0, 0.05) is 12.4 Å². The summed E-state index contributed by atoms with van der Waals surface area (Å²) in [5.41, 5.74) is 5.75. The number of hydrogen-bond acceptors (Lipinski definition) is 6. The zero-order valence-electron chi connectivity index (χ0n) is 9.98. The van der Waals surface area contributed by atoms with E-state index < -0.39 is 11.6 Å². The minimum Gasteiger partial charge on any atom is -0.461 e. The molecule has 0 saturated heterocycles. The van der Waals surface area contributed by atoms with Crippen molar-refractivity contribution >= 4 is 22.4 Å². The van der Waals surface area contributed by atoms with Crippen molar-refractivity contribution in [3.8, 4) is 0 Å². The van der Waals surface area contributed by atoms with E-state index in [1.807, 2.05) is 25.8 Å². The summed E-state index contributed by atoms with van der Waals surface area (Å²) in [5, 5.41) is 2.38. The number of rotatable bonds is 4. The van der Waals surface area contributed by atoms with E-state index in [9.17, 15) is 4.79 Å². The third-order valence-corrected chi connectivity index (χ3v) is 3.05. The second-order valence-electron chi connectivity index (χ2n) is 3.95. The summed E-state index contributed by atoms with van der Waals surface area (Å²) in [6.07, 6.45) is 0. The Morgan fingerprint density at radius 1 is 1.69 bits per heavy atom. The molecular formula is C10H17N3O2S. The van der Waals surface area contributed by atoms with Crippen molar-refractivity contribution in [3.05, 3.63) is 11.1 Å². The van der Waals surface area contributed by atoms with Crippen LogP contribution in [0.25, 0.3) is 0 Å². The highest BCUT2D eigenvalue weighted by Crippen LogP contribution is 2.23. The van der Waals surface area contributed by atoms with Gasteiger partial charge in [0.25, 0.3) is 0 Å². The summed E-state index contributed by atoms with van der Waals surface area (Å²) in [4.78, 5) is 17.4. The van der Waals surface area contributed by atoms with E-state index in [0.717, 1.165) is 0 Å². The molecule has 6 heteroatoms. The summed E-state index contributed by atoms with van der Waals surface area (Å²) in [6.45, 7) is 5.86. The smallest absolute Gasteiger partial charge is 0.357 e. The largest absolute Gasteiger partial charge is 0.461 e. The van der Waals surface area contributed by atoms with Gasteiger partial charge in [0.1, 0.15) is 0 Å². The number of nitrogens with two attached hydrogens (primary N) is 1. The lowest BCUT2D eigenvalue weighted by atomic mass is 10.2. The molecule has 0 amide bonds. The monoisotopic (exact) mass is 243 g/mol. The van der Waals surface area contributed by atoms with E-state index in [4.69, 9.17) is 10.5 Å². The Labute approximate surface area is 99.2 Å². The maximum atomic E-state index is 11.4. The average Bonchev–Trinajstić information content (AvgIpc) is 2.64. The van der Waals surface area contributed by atoms with Crippen LogP contribution in [0, 0.1) is 0 Å². The van der Waals surface area contributed by atoms with E-state index in [-0.39, 0.29) is 0 Å². The Morgan fingerprint density at radius 2 is 2.31 bits per heavy atom. The Hall–Kier alpha value is -1.14. The van der Waals surface area contributed by atoms with Gasteiger partial charge in [0.15, 0.2) is 10.8 Å². The fraction of sp³-hybridized carbons (Fsp3) is 0.600. The SMILES string of the molecule is CCOC(=O)c1csc(N(C)C(C)(C)N)n1. The molecule has 0 aliphatic carbocycles. The number of carbonyl (C=O) groups is 1. The van der Waals surface area contributed by atoms with Crippen molar-refractivity contribution in [1.29, 1.82) is 0 Å². The molecule has 0 saturated carbocycles.